The van der Waals surface area contributed by atoms with E-state index in [0.717, 1.165) is 31.0 Å². The van der Waals surface area contributed by atoms with Gasteiger partial charge in [-0.2, -0.15) is 9.97 Å². The number of rotatable bonds is 9. The van der Waals surface area contributed by atoms with E-state index in [4.69, 9.17) is 14.4 Å². The molecule has 1 fully saturated rings. The maximum atomic E-state index is 14.4. The van der Waals surface area contributed by atoms with Crippen LogP contribution in [0.25, 0.3) is 11.2 Å². The number of nitrogens with zero attached hydrogens (tertiary/aromatic N) is 7. The van der Waals surface area contributed by atoms with Gasteiger partial charge in [0.2, 0.25) is 15.9 Å². The monoisotopic (exact) mass is 558 g/mol. The van der Waals surface area contributed by atoms with Crippen LogP contribution in [0.5, 0.6) is 5.88 Å². The van der Waals surface area contributed by atoms with Crippen LogP contribution in [0.15, 0.2) is 40.3 Å². The number of hydrogen-bond donors (Lipinski definition) is 1. The summed E-state index contributed by atoms with van der Waals surface area (Å²) in [5.74, 6) is -0.256. The van der Waals surface area contributed by atoms with Crippen molar-refractivity contribution >= 4 is 33.0 Å². The van der Waals surface area contributed by atoms with Gasteiger partial charge in [0.1, 0.15) is 18.2 Å². The fraction of sp³-hybridized carbons (Fsp3) is 0.417. The lowest BCUT2D eigenvalue weighted by molar-refractivity contribution is 0.0973. The Hall–Kier alpha value is -3.98. The highest BCUT2D eigenvalue weighted by Gasteiger charge is 2.26. The number of carbonyl (C=O) groups excluding carboxylic acids is 1. The summed E-state index contributed by atoms with van der Waals surface area (Å²) in [6.07, 6.45) is 4.16. The zero-order valence-corrected chi connectivity index (χ0v) is 22.1. The minimum atomic E-state index is -4.07. The summed E-state index contributed by atoms with van der Waals surface area (Å²) in [4.78, 5) is 31.6. The molecule has 4 heterocycles. The van der Waals surface area contributed by atoms with Gasteiger partial charge in [0.05, 0.1) is 16.8 Å². The second-order valence-corrected chi connectivity index (χ2v) is 11.1. The predicted molar refractivity (Wildman–Crippen MR) is 136 cm³/mol. The van der Waals surface area contributed by atoms with E-state index >= 15 is 0 Å². The molecule has 0 saturated carbocycles. The van der Waals surface area contributed by atoms with Gasteiger partial charge in [-0.15, -0.1) is 0 Å². The Morgan fingerprint density at radius 3 is 2.67 bits per heavy atom. The Morgan fingerprint density at radius 1 is 1.23 bits per heavy atom. The molecule has 1 aromatic carbocycles. The van der Waals surface area contributed by atoms with E-state index < -0.39 is 26.5 Å². The lowest BCUT2D eigenvalue weighted by atomic mass is 10.1. The third kappa shape index (κ3) is 5.73. The Balaban J connectivity index is 1.21. The molecule has 4 aromatic rings. The summed E-state index contributed by atoms with van der Waals surface area (Å²) < 4.78 is 50.4. The van der Waals surface area contributed by atoms with Crippen molar-refractivity contribution < 1.29 is 26.9 Å². The van der Waals surface area contributed by atoms with Gasteiger partial charge in [0.25, 0.3) is 0 Å². The van der Waals surface area contributed by atoms with E-state index in [9.17, 15) is 17.6 Å². The Bertz CT molecular complexity index is 1610. The lowest BCUT2D eigenvalue weighted by Gasteiger charge is -2.30. The van der Waals surface area contributed by atoms with Crippen molar-refractivity contribution in [2.75, 3.05) is 18.0 Å². The fourth-order valence-electron chi connectivity index (χ4n) is 4.28. The summed E-state index contributed by atoms with van der Waals surface area (Å²) >= 11 is 0. The summed E-state index contributed by atoms with van der Waals surface area (Å²) in [6, 6.07) is 3.46. The van der Waals surface area contributed by atoms with Crippen LogP contribution in [0.3, 0.4) is 0 Å². The number of aromatic nitrogens is 6. The number of benzene rings is 1. The second-order valence-electron chi connectivity index (χ2n) is 9.54. The molecular formula is C24H27FN8O5S. The first-order chi connectivity index (χ1) is 18.6. The van der Waals surface area contributed by atoms with Gasteiger partial charge in [0.15, 0.2) is 22.8 Å². The first-order valence-corrected chi connectivity index (χ1v) is 13.9. The van der Waals surface area contributed by atoms with Crippen molar-refractivity contribution in [3.63, 3.8) is 0 Å². The van der Waals surface area contributed by atoms with Crippen LogP contribution in [-0.2, 0) is 16.6 Å². The molecule has 39 heavy (non-hydrogen) atoms. The normalized spacial score (nSPS) is 14.8. The van der Waals surface area contributed by atoms with Crippen molar-refractivity contribution in [1.29, 1.82) is 0 Å². The number of halogens is 1. The van der Waals surface area contributed by atoms with Crippen LogP contribution in [0, 0.1) is 5.82 Å². The van der Waals surface area contributed by atoms with Gasteiger partial charge in [-0.25, -0.2) is 27.9 Å². The van der Waals surface area contributed by atoms with Gasteiger partial charge in [0, 0.05) is 44.8 Å². The SMILES string of the molecule is CC(C)c1noc(N2CCC(Oc3ncnc4c3ncn4CCC(=O)c3ccc(S(N)(=O)=O)cc3F)CC2)n1. The standard InChI is InChI=1S/C24H27FN8O5S/c1-14(2)21-30-24(38-31-21)32-8-5-15(6-9-32)37-23-20-22(27-12-28-23)33(13-29-20)10-7-19(34)17-4-3-16(11-18(17)25)39(26,35)36/h3-4,11-15H,5-10H2,1-2H3,(H2,26,35,36). The number of fused-ring (bicyclic) bond motifs is 1. The molecule has 0 bridgehead atoms. The molecular weight excluding hydrogens is 531 g/mol. The number of sulfonamides is 1. The Labute approximate surface area is 223 Å². The number of piperidine rings is 1. The van der Waals surface area contributed by atoms with E-state index in [1.54, 1.807) is 4.57 Å². The number of primary sulfonamides is 1. The highest BCUT2D eigenvalue weighted by molar-refractivity contribution is 7.89. The highest BCUT2D eigenvalue weighted by Crippen LogP contribution is 2.26. The fourth-order valence-corrected chi connectivity index (χ4v) is 4.80. The molecule has 2 N–H and O–H groups in total. The van der Waals surface area contributed by atoms with Crippen molar-refractivity contribution in [3.8, 4) is 5.88 Å². The zero-order chi connectivity index (χ0) is 27.7. The first kappa shape index (κ1) is 26.6. The van der Waals surface area contributed by atoms with E-state index in [1.807, 2.05) is 18.7 Å². The maximum Gasteiger partial charge on any atom is 0.324 e. The molecule has 1 saturated heterocycles. The van der Waals surface area contributed by atoms with Crippen molar-refractivity contribution in [3.05, 3.63) is 48.1 Å². The average molecular weight is 559 g/mol. The van der Waals surface area contributed by atoms with Gasteiger partial charge < -0.3 is 18.7 Å². The summed E-state index contributed by atoms with van der Waals surface area (Å²) in [5, 5.41) is 9.04. The number of hydrogen-bond acceptors (Lipinski definition) is 11. The number of ketones is 1. The van der Waals surface area contributed by atoms with E-state index in [1.165, 1.54) is 12.7 Å². The molecule has 0 spiro atoms. The molecule has 1 aliphatic heterocycles. The minimum absolute atomic E-state index is 0.0655. The third-order valence-corrected chi connectivity index (χ3v) is 7.37. The summed E-state index contributed by atoms with van der Waals surface area (Å²) in [6.45, 7) is 5.55. The number of ether oxygens (including phenoxy) is 1. The van der Waals surface area contributed by atoms with Gasteiger partial charge in [-0.3, -0.25) is 4.79 Å². The largest absolute Gasteiger partial charge is 0.473 e. The number of Topliss-reactive ketones (excluding diaryl/α,β-unsaturated/α-hetero) is 1. The smallest absolute Gasteiger partial charge is 0.324 e. The maximum absolute atomic E-state index is 14.4. The number of anilines is 1. The first-order valence-electron chi connectivity index (χ1n) is 12.4. The van der Waals surface area contributed by atoms with Gasteiger partial charge >= 0.3 is 6.01 Å². The van der Waals surface area contributed by atoms with E-state index in [0.29, 0.717) is 42.0 Å². The van der Waals surface area contributed by atoms with Crippen molar-refractivity contribution in [2.24, 2.45) is 5.14 Å². The molecule has 0 radical (unpaired) electrons. The molecule has 5 rings (SSSR count). The van der Waals surface area contributed by atoms with E-state index in [2.05, 4.69) is 25.1 Å². The Morgan fingerprint density at radius 2 is 2.00 bits per heavy atom. The van der Waals surface area contributed by atoms with Crippen LogP contribution < -0.4 is 14.8 Å². The molecule has 1 aliphatic rings. The van der Waals surface area contributed by atoms with Crippen LogP contribution in [0.2, 0.25) is 0 Å². The topological polar surface area (TPSA) is 172 Å². The average Bonchev–Trinajstić information content (AvgIpc) is 3.56. The summed E-state index contributed by atoms with van der Waals surface area (Å²) in [7, 11) is -4.07. The van der Waals surface area contributed by atoms with Gasteiger partial charge in [-0.05, 0) is 18.2 Å². The second kappa shape index (κ2) is 10.6. The van der Waals surface area contributed by atoms with Crippen LogP contribution in [-0.4, -0.2) is 63.1 Å². The number of carbonyl (C=O) groups is 1. The molecule has 206 valence electrons. The summed E-state index contributed by atoms with van der Waals surface area (Å²) in [5.41, 5.74) is 0.703. The quantitative estimate of drug-likeness (QED) is 0.299. The molecule has 0 atom stereocenters. The lowest BCUT2D eigenvalue weighted by Crippen LogP contribution is -2.38. The molecule has 3 aromatic heterocycles. The molecule has 15 heteroatoms. The minimum Gasteiger partial charge on any atom is -0.473 e. The number of imidazole rings is 1. The van der Waals surface area contributed by atoms with Crippen LogP contribution in [0.4, 0.5) is 10.4 Å². The number of nitrogens with two attached hydrogens (primary N) is 1. The Kier molecular flexibility index (Phi) is 7.27. The van der Waals surface area contributed by atoms with Crippen molar-refractivity contribution in [2.45, 2.75) is 56.6 Å². The number of aryl methyl sites for hydroxylation is 1. The van der Waals surface area contributed by atoms with E-state index in [-0.39, 0.29) is 30.6 Å². The zero-order valence-electron chi connectivity index (χ0n) is 21.3. The molecule has 0 aliphatic carbocycles. The van der Waals surface area contributed by atoms with Gasteiger partial charge in [-0.1, -0.05) is 19.0 Å². The van der Waals surface area contributed by atoms with Crippen LogP contribution >= 0.6 is 0 Å². The predicted octanol–water partition coefficient (Wildman–Crippen LogP) is 2.44. The third-order valence-electron chi connectivity index (χ3n) is 6.46. The molecule has 0 amide bonds. The molecule has 0 unspecified atom stereocenters. The highest BCUT2D eigenvalue weighted by atomic mass is 32.2. The van der Waals surface area contributed by atoms with Crippen molar-refractivity contribution in [1.82, 2.24) is 29.7 Å². The molecule has 13 nitrogen and oxygen atoms in total. The van der Waals surface area contributed by atoms with Crippen LogP contribution in [0.1, 0.15) is 55.2 Å².